The van der Waals surface area contributed by atoms with Gasteiger partial charge in [0.05, 0.1) is 19.9 Å². The van der Waals surface area contributed by atoms with Crippen LogP contribution in [-0.2, 0) is 6.54 Å². The number of thioether (sulfide) groups is 1. The quantitative estimate of drug-likeness (QED) is 0.425. The van der Waals surface area contributed by atoms with E-state index in [0.29, 0.717) is 0 Å². The average molecular weight is 385 g/mol. The van der Waals surface area contributed by atoms with Crippen molar-refractivity contribution in [3.63, 3.8) is 0 Å². The van der Waals surface area contributed by atoms with Crippen LogP contribution in [0.3, 0.4) is 0 Å². The second-order valence-corrected chi connectivity index (χ2v) is 6.80. The van der Waals surface area contributed by atoms with E-state index >= 15 is 0 Å². The number of hydrogen-bond donors (Lipinski definition) is 1. The fourth-order valence-electron chi connectivity index (χ4n) is 2.68. The number of benzene rings is 2. The number of ether oxygens (including phenoxy) is 2. The fourth-order valence-corrected chi connectivity index (χ4v) is 3.51. The first kappa shape index (κ1) is 19.2. The van der Waals surface area contributed by atoms with Crippen molar-refractivity contribution in [3.05, 3.63) is 54.1 Å². The summed E-state index contributed by atoms with van der Waals surface area (Å²) in [6, 6.07) is 15.8. The predicted molar refractivity (Wildman–Crippen MR) is 106 cm³/mol. The molecule has 0 bridgehead atoms. The molecule has 27 heavy (non-hydrogen) atoms. The van der Waals surface area contributed by atoms with E-state index in [2.05, 4.69) is 20.8 Å². The summed E-state index contributed by atoms with van der Waals surface area (Å²) in [4.78, 5) is 0. The molecular formula is C19H23N5O2S. The third-order valence-corrected chi connectivity index (χ3v) is 4.98. The number of nitrogens with one attached hydrogen (secondary N) is 1. The van der Waals surface area contributed by atoms with Gasteiger partial charge in [0, 0.05) is 17.9 Å². The summed E-state index contributed by atoms with van der Waals surface area (Å²) >= 11 is 1.65. The summed E-state index contributed by atoms with van der Waals surface area (Å²) in [6.45, 7) is 1.62. The van der Waals surface area contributed by atoms with E-state index in [-0.39, 0.29) is 0 Å². The largest absolute Gasteiger partial charge is 0.493 e. The molecule has 0 saturated carbocycles. The Bertz CT molecular complexity index is 841. The lowest BCUT2D eigenvalue weighted by Crippen LogP contribution is -2.16. The van der Waals surface area contributed by atoms with Gasteiger partial charge in [0.1, 0.15) is 0 Å². The van der Waals surface area contributed by atoms with Crippen LogP contribution in [-0.4, -0.2) is 46.7 Å². The van der Waals surface area contributed by atoms with Crippen LogP contribution in [0.4, 0.5) is 0 Å². The smallest absolute Gasteiger partial charge is 0.214 e. The Morgan fingerprint density at radius 1 is 1.04 bits per heavy atom. The highest BCUT2D eigenvalue weighted by Gasteiger charge is 2.10. The SMILES string of the molecule is COc1cccc(CNCCCSc2nnnn2-c2ccccc2)c1OC. The highest BCUT2D eigenvalue weighted by Crippen LogP contribution is 2.30. The van der Waals surface area contributed by atoms with Gasteiger partial charge in [-0.1, -0.05) is 42.1 Å². The number of rotatable bonds is 10. The molecule has 0 unspecified atom stereocenters. The van der Waals surface area contributed by atoms with Crippen molar-refractivity contribution < 1.29 is 9.47 Å². The molecule has 0 aliphatic carbocycles. The first-order valence-electron chi connectivity index (χ1n) is 8.70. The number of nitrogens with zero attached hydrogens (tertiary/aromatic N) is 4. The van der Waals surface area contributed by atoms with E-state index in [1.54, 1.807) is 30.7 Å². The van der Waals surface area contributed by atoms with Crippen LogP contribution in [0.25, 0.3) is 5.69 Å². The van der Waals surface area contributed by atoms with E-state index in [1.807, 2.05) is 48.5 Å². The van der Waals surface area contributed by atoms with Gasteiger partial charge in [-0.15, -0.1) is 5.10 Å². The zero-order chi connectivity index (χ0) is 18.9. The summed E-state index contributed by atoms with van der Waals surface area (Å²) in [7, 11) is 3.31. The van der Waals surface area contributed by atoms with E-state index in [9.17, 15) is 0 Å². The van der Waals surface area contributed by atoms with Gasteiger partial charge >= 0.3 is 0 Å². The zero-order valence-electron chi connectivity index (χ0n) is 15.5. The highest BCUT2D eigenvalue weighted by molar-refractivity contribution is 7.99. The zero-order valence-corrected chi connectivity index (χ0v) is 16.3. The second kappa shape index (κ2) is 9.94. The molecule has 0 fully saturated rings. The second-order valence-electron chi connectivity index (χ2n) is 5.74. The predicted octanol–water partition coefficient (Wildman–Crippen LogP) is 2.95. The van der Waals surface area contributed by atoms with Crippen molar-refractivity contribution in [1.29, 1.82) is 0 Å². The number of aromatic nitrogens is 4. The van der Waals surface area contributed by atoms with Crippen LogP contribution in [0.2, 0.25) is 0 Å². The highest BCUT2D eigenvalue weighted by atomic mass is 32.2. The van der Waals surface area contributed by atoms with Crippen LogP contribution in [0, 0.1) is 0 Å². The van der Waals surface area contributed by atoms with Gasteiger partial charge in [0.25, 0.3) is 0 Å². The summed E-state index contributed by atoms with van der Waals surface area (Å²) in [5, 5.41) is 16.2. The van der Waals surface area contributed by atoms with E-state index in [4.69, 9.17) is 9.47 Å². The number of methoxy groups -OCH3 is 2. The summed E-state index contributed by atoms with van der Waals surface area (Å²) in [5.74, 6) is 2.46. The molecule has 7 nitrogen and oxygen atoms in total. The molecule has 1 aromatic heterocycles. The summed E-state index contributed by atoms with van der Waals surface area (Å²) in [6.07, 6.45) is 0.999. The molecular weight excluding hydrogens is 362 g/mol. The normalized spacial score (nSPS) is 10.7. The molecule has 3 rings (SSSR count). The molecule has 0 spiro atoms. The van der Waals surface area contributed by atoms with Crippen molar-refractivity contribution in [2.24, 2.45) is 0 Å². The van der Waals surface area contributed by atoms with Crippen molar-refractivity contribution >= 4 is 11.8 Å². The fraction of sp³-hybridized carbons (Fsp3) is 0.316. The molecule has 0 radical (unpaired) electrons. The van der Waals surface area contributed by atoms with Gasteiger partial charge in [-0.3, -0.25) is 0 Å². The Morgan fingerprint density at radius 2 is 1.89 bits per heavy atom. The monoisotopic (exact) mass is 385 g/mol. The molecule has 1 N–H and O–H groups in total. The van der Waals surface area contributed by atoms with Gasteiger partial charge in [0.15, 0.2) is 11.5 Å². The average Bonchev–Trinajstić information content (AvgIpc) is 3.19. The third kappa shape index (κ3) is 4.99. The number of hydrogen-bond acceptors (Lipinski definition) is 7. The van der Waals surface area contributed by atoms with Crippen molar-refractivity contribution in [2.45, 2.75) is 18.1 Å². The minimum absolute atomic E-state index is 0.729. The molecule has 1 heterocycles. The van der Waals surface area contributed by atoms with Crippen LogP contribution in [0.1, 0.15) is 12.0 Å². The molecule has 8 heteroatoms. The molecule has 0 atom stereocenters. The lowest BCUT2D eigenvalue weighted by Gasteiger charge is -2.13. The van der Waals surface area contributed by atoms with Crippen molar-refractivity contribution in [2.75, 3.05) is 26.5 Å². The molecule has 0 aliphatic heterocycles. The maximum atomic E-state index is 5.46. The van der Waals surface area contributed by atoms with Crippen LogP contribution in [0.15, 0.2) is 53.7 Å². The van der Waals surface area contributed by atoms with E-state index < -0.39 is 0 Å². The van der Waals surface area contributed by atoms with E-state index in [0.717, 1.165) is 53.2 Å². The van der Waals surface area contributed by atoms with Crippen molar-refractivity contribution in [3.8, 4) is 17.2 Å². The van der Waals surface area contributed by atoms with Crippen LogP contribution < -0.4 is 14.8 Å². The van der Waals surface area contributed by atoms with Gasteiger partial charge in [-0.2, -0.15) is 4.68 Å². The minimum atomic E-state index is 0.729. The Hall–Kier alpha value is -2.58. The maximum absolute atomic E-state index is 5.46. The van der Waals surface area contributed by atoms with Gasteiger partial charge in [-0.05, 0) is 41.6 Å². The van der Waals surface area contributed by atoms with Gasteiger partial charge < -0.3 is 14.8 Å². The van der Waals surface area contributed by atoms with Crippen molar-refractivity contribution in [1.82, 2.24) is 25.5 Å². The Balaban J connectivity index is 1.44. The van der Waals surface area contributed by atoms with Gasteiger partial charge in [-0.25, -0.2) is 0 Å². The topological polar surface area (TPSA) is 74.1 Å². The third-order valence-electron chi connectivity index (χ3n) is 3.97. The molecule has 3 aromatic rings. The first-order chi connectivity index (χ1) is 13.3. The maximum Gasteiger partial charge on any atom is 0.214 e. The Kier molecular flexibility index (Phi) is 7.06. The number of tetrazole rings is 1. The Labute approximate surface area is 163 Å². The van der Waals surface area contributed by atoms with E-state index in [1.165, 1.54) is 0 Å². The van der Waals surface area contributed by atoms with Gasteiger partial charge in [0.2, 0.25) is 5.16 Å². The lowest BCUT2D eigenvalue weighted by atomic mass is 10.2. The molecule has 0 aliphatic rings. The summed E-state index contributed by atoms with van der Waals surface area (Å²) < 4.78 is 12.6. The molecule has 0 saturated heterocycles. The first-order valence-corrected chi connectivity index (χ1v) is 9.69. The minimum Gasteiger partial charge on any atom is -0.493 e. The van der Waals surface area contributed by atoms with Crippen LogP contribution >= 0.6 is 11.8 Å². The molecule has 142 valence electrons. The standard InChI is InChI=1S/C19H23N5O2S/c1-25-17-11-6-8-15(18(17)26-2)14-20-12-7-13-27-19-21-22-23-24(19)16-9-4-3-5-10-16/h3-6,8-11,20H,7,12-14H2,1-2H3. The lowest BCUT2D eigenvalue weighted by molar-refractivity contribution is 0.350. The molecule has 0 amide bonds. The number of para-hydroxylation sites is 2. The molecule has 2 aromatic carbocycles. The van der Waals surface area contributed by atoms with Crippen LogP contribution in [0.5, 0.6) is 11.5 Å². The summed E-state index contributed by atoms with van der Waals surface area (Å²) in [5.41, 5.74) is 2.05. The Morgan fingerprint density at radius 3 is 2.67 bits per heavy atom.